The van der Waals surface area contributed by atoms with Crippen molar-refractivity contribution in [1.82, 2.24) is 8.87 Å². The normalized spacial score (nSPS) is 16.1. The van der Waals surface area contributed by atoms with Crippen molar-refractivity contribution in [2.75, 3.05) is 13.1 Å². The first-order valence-corrected chi connectivity index (χ1v) is 9.62. The maximum Gasteiger partial charge on any atom is 0.0481 e. The maximum atomic E-state index is 5.50. The van der Waals surface area contributed by atoms with Crippen molar-refractivity contribution in [1.29, 1.82) is 0 Å². The van der Waals surface area contributed by atoms with Gasteiger partial charge in [0.25, 0.3) is 0 Å². The van der Waals surface area contributed by atoms with Crippen LogP contribution in [0.5, 0.6) is 0 Å². The molecule has 2 nitrogen and oxygen atoms in total. The van der Waals surface area contributed by atoms with Crippen LogP contribution in [0.3, 0.4) is 0 Å². The predicted octanol–water partition coefficient (Wildman–Crippen LogP) is 5.04. The van der Waals surface area contributed by atoms with E-state index in [4.69, 9.17) is 6.42 Å². The molecule has 1 fully saturated rings. The third-order valence-corrected chi connectivity index (χ3v) is 6.05. The van der Waals surface area contributed by atoms with Gasteiger partial charge < -0.3 is 4.57 Å². The van der Waals surface area contributed by atoms with Gasteiger partial charge in [-0.2, -0.15) is 0 Å². The van der Waals surface area contributed by atoms with Crippen molar-refractivity contribution in [2.24, 2.45) is 5.92 Å². The van der Waals surface area contributed by atoms with Gasteiger partial charge in [-0.1, -0.05) is 24.1 Å². The van der Waals surface area contributed by atoms with E-state index < -0.39 is 0 Å². The first-order valence-electron chi connectivity index (χ1n) is 8.85. The largest absolute Gasteiger partial charge is 0.347 e. The summed E-state index contributed by atoms with van der Waals surface area (Å²) in [5.74, 6) is 3.46. The minimum Gasteiger partial charge on any atom is -0.347 e. The molecule has 2 heterocycles. The maximum absolute atomic E-state index is 5.50. The van der Waals surface area contributed by atoms with Crippen molar-refractivity contribution in [3.8, 4) is 12.3 Å². The van der Waals surface area contributed by atoms with E-state index in [1.807, 2.05) is 18.0 Å². The topological polar surface area (TPSA) is 8.17 Å². The fraction of sp³-hybridized carbons (Fsp3) is 0.273. The lowest BCUT2D eigenvalue weighted by atomic mass is 9.98. The summed E-state index contributed by atoms with van der Waals surface area (Å²) in [5.41, 5.74) is 2.25. The van der Waals surface area contributed by atoms with Crippen LogP contribution in [0.25, 0.3) is 10.9 Å². The number of rotatable bonds is 4. The van der Waals surface area contributed by atoms with Crippen molar-refractivity contribution >= 4 is 22.9 Å². The summed E-state index contributed by atoms with van der Waals surface area (Å²) in [6, 6.07) is 19.1. The highest BCUT2D eigenvalue weighted by Crippen LogP contribution is 2.29. The van der Waals surface area contributed by atoms with E-state index in [9.17, 15) is 0 Å². The van der Waals surface area contributed by atoms with E-state index in [1.165, 1.54) is 28.6 Å². The highest BCUT2D eigenvalue weighted by atomic mass is 32.2. The fourth-order valence-corrected chi connectivity index (χ4v) is 4.51. The third-order valence-electron chi connectivity index (χ3n) is 4.94. The molecule has 0 N–H and O–H groups in total. The van der Waals surface area contributed by atoms with Gasteiger partial charge in [0.05, 0.1) is 0 Å². The van der Waals surface area contributed by atoms with Crippen LogP contribution in [-0.2, 0) is 6.54 Å². The van der Waals surface area contributed by atoms with Crippen LogP contribution >= 0.6 is 11.9 Å². The van der Waals surface area contributed by atoms with Crippen molar-refractivity contribution in [3.05, 3.63) is 66.4 Å². The minimum absolute atomic E-state index is 0.746. The molecule has 1 saturated heterocycles. The Kier molecular flexibility index (Phi) is 4.83. The number of terminal acetylenes is 1. The summed E-state index contributed by atoms with van der Waals surface area (Å²) in [6.45, 7) is 3.41. The molecule has 126 valence electrons. The van der Waals surface area contributed by atoms with Gasteiger partial charge >= 0.3 is 0 Å². The second kappa shape index (κ2) is 7.39. The number of hydrogen-bond donors (Lipinski definition) is 0. The molecule has 4 rings (SSSR count). The second-order valence-electron chi connectivity index (χ2n) is 6.66. The second-order valence-corrected chi connectivity index (χ2v) is 7.83. The Morgan fingerprint density at radius 3 is 2.60 bits per heavy atom. The number of piperidine rings is 1. The van der Waals surface area contributed by atoms with Crippen LogP contribution in [0.1, 0.15) is 18.4 Å². The average molecular weight is 346 g/mol. The first-order chi connectivity index (χ1) is 12.3. The monoisotopic (exact) mass is 346 g/mol. The highest BCUT2D eigenvalue weighted by molar-refractivity contribution is 7.97. The van der Waals surface area contributed by atoms with Crippen LogP contribution in [0.4, 0.5) is 0 Å². The van der Waals surface area contributed by atoms with Gasteiger partial charge in [0, 0.05) is 47.2 Å². The van der Waals surface area contributed by atoms with E-state index in [0.29, 0.717) is 0 Å². The lowest BCUT2D eigenvalue weighted by Crippen LogP contribution is -2.30. The Morgan fingerprint density at radius 2 is 1.84 bits per heavy atom. The molecule has 0 unspecified atom stereocenters. The molecule has 2 aromatic carbocycles. The van der Waals surface area contributed by atoms with E-state index in [2.05, 4.69) is 69.5 Å². The number of aromatic nitrogens is 1. The Hall–Kier alpha value is -2.15. The lowest BCUT2D eigenvalue weighted by Gasteiger charge is -2.31. The zero-order valence-corrected chi connectivity index (χ0v) is 15.1. The van der Waals surface area contributed by atoms with Crippen molar-refractivity contribution in [2.45, 2.75) is 24.3 Å². The molecular formula is C22H22N2S. The Labute approximate surface area is 154 Å². The number of fused-ring (bicyclic) bond motifs is 1. The molecule has 0 spiro atoms. The molecule has 25 heavy (non-hydrogen) atoms. The molecule has 0 amide bonds. The van der Waals surface area contributed by atoms with Gasteiger partial charge in [-0.25, -0.2) is 4.31 Å². The van der Waals surface area contributed by atoms with Gasteiger partial charge in [-0.15, -0.1) is 6.42 Å². The molecule has 1 aliphatic rings. The van der Waals surface area contributed by atoms with E-state index in [0.717, 1.165) is 31.1 Å². The van der Waals surface area contributed by atoms with Gasteiger partial charge in [0.2, 0.25) is 0 Å². The van der Waals surface area contributed by atoms with Crippen LogP contribution in [0.2, 0.25) is 0 Å². The Bertz CT molecular complexity index is 883. The summed E-state index contributed by atoms with van der Waals surface area (Å²) in [7, 11) is 0. The zero-order valence-electron chi connectivity index (χ0n) is 14.3. The summed E-state index contributed by atoms with van der Waals surface area (Å²) in [4.78, 5) is 1.33. The molecule has 0 atom stereocenters. The van der Waals surface area contributed by atoms with Crippen LogP contribution in [-0.4, -0.2) is 22.0 Å². The summed E-state index contributed by atoms with van der Waals surface area (Å²) in [5, 5.41) is 1.24. The number of hydrogen-bond acceptors (Lipinski definition) is 2. The highest BCUT2D eigenvalue weighted by Gasteiger charge is 2.20. The third kappa shape index (κ3) is 3.76. The summed E-state index contributed by atoms with van der Waals surface area (Å²) in [6.07, 6.45) is 10.2. The molecule has 0 saturated carbocycles. The molecule has 0 bridgehead atoms. The Morgan fingerprint density at radius 1 is 1.04 bits per heavy atom. The van der Waals surface area contributed by atoms with E-state index >= 15 is 0 Å². The minimum atomic E-state index is 0.746. The standard InChI is InChI=1S/C22H22N2S/c1-2-18-8-9-22-20(16-18)12-13-23(22)17-19-10-14-24(15-11-19)25-21-6-4-3-5-7-21/h1,3-9,12-13,16,19H,10-11,14-15,17H2. The summed E-state index contributed by atoms with van der Waals surface area (Å²) < 4.78 is 4.89. The van der Waals surface area contributed by atoms with Gasteiger partial charge in [-0.05, 0) is 67.1 Å². The van der Waals surface area contributed by atoms with Crippen molar-refractivity contribution in [3.63, 3.8) is 0 Å². The van der Waals surface area contributed by atoms with Crippen LogP contribution < -0.4 is 0 Å². The van der Waals surface area contributed by atoms with Crippen LogP contribution in [0.15, 0.2) is 65.7 Å². The fourth-order valence-electron chi connectivity index (χ4n) is 3.54. The molecule has 3 heteroatoms. The van der Waals surface area contributed by atoms with Gasteiger partial charge in [0.15, 0.2) is 0 Å². The van der Waals surface area contributed by atoms with Gasteiger partial charge in [0.1, 0.15) is 0 Å². The van der Waals surface area contributed by atoms with E-state index in [-0.39, 0.29) is 0 Å². The Balaban J connectivity index is 1.37. The average Bonchev–Trinajstić information content (AvgIpc) is 3.06. The SMILES string of the molecule is C#Cc1ccc2c(ccn2CC2CCN(Sc3ccccc3)CC2)c1. The first kappa shape index (κ1) is 16.3. The van der Waals surface area contributed by atoms with Crippen molar-refractivity contribution < 1.29 is 0 Å². The zero-order chi connectivity index (χ0) is 17.1. The van der Waals surface area contributed by atoms with Gasteiger partial charge in [-0.3, -0.25) is 0 Å². The number of benzene rings is 2. The predicted molar refractivity (Wildman–Crippen MR) is 106 cm³/mol. The molecule has 0 aliphatic carbocycles. The quantitative estimate of drug-likeness (QED) is 0.483. The summed E-state index contributed by atoms with van der Waals surface area (Å²) >= 11 is 1.89. The smallest absolute Gasteiger partial charge is 0.0481 e. The molecule has 3 aromatic rings. The molecule has 1 aliphatic heterocycles. The molecule has 1 aromatic heterocycles. The number of nitrogens with zero attached hydrogens (tertiary/aromatic N) is 2. The lowest BCUT2D eigenvalue weighted by molar-refractivity contribution is 0.269. The van der Waals surface area contributed by atoms with E-state index in [1.54, 1.807) is 0 Å². The molecule has 0 radical (unpaired) electrons. The molecular weight excluding hydrogens is 324 g/mol. The van der Waals surface area contributed by atoms with Crippen LogP contribution in [0, 0.1) is 18.3 Å².